The monoisotopic (exact) mass is 487 g/mol. The fourth-order valence-corrected chi connectivity index (χ4v) is 3.03. The Morgan fingerprint density at radius 1 is 1.23 bits per heavy atom. The summed E-state index contributed by atoms with van der Waals surface area (Å²) in [7, 11) is 0. The summed E-state index contributed by atoms with van der Waals surface area (Å²) >= 11 is 0. The largest absolute Gasteiger partial charge is 0.462 e. The van der Waals surface area contributed by atoms with E-state index in [1.807, 2.05) is 17.1 Å². The number of halogens is 1. The lowest BCUT2D eigenvalue weighted by atomic mass is 10.1. The Morgan fingerprint density at radius 2 is 1.97 bits per heavy atom. The van der Waals surface area contributed by atoms with E-state index in [9.17, 15) is 14.0 Å². The quantitative estimate of drug-likeness (QED) is 0.149. The molecule has 1 aromatic heterocycles. The van der Waals surface area contributed by atoms with Crippen molar-refractivity contribution in [3.63, 3.8) is 0 Å². The van der Waals surface area contributed by atoms with Crippen LogP contribution in [-0.4, -0.2) is 60.0 Å². The molecule has 1 fully saturated rings. The molecule has 2 heterocycles. The van der Waals surface area contributed by atoms with E-state index in [-0.39, 0.29) is 36.9 Å². The van der Waals surface area contributed by atoms with Gasteiger partial charge in [-0.1, -0.05) is 30.3 Å². The molecule has 2 aromatic rings. The Morgan fingerprint density at radius 3 is 2.66 bits per heavy atom. The zero-order valence-corrected chi connectivity index (χ0v) is 19.1. The first-order valence-corrected chi connectivity index (χ1v) is 10.8. The highest BCUT2D eigenvalue weighted by atomic mass is 19.1. The van der Waals surface area contributed by atoms with Crippen molar-refractivity contribution in [3.8, 4) is 11.1 Å². The van der Waals surface area contributed by atoms with Gasteiger partial charge in [0.15, 0.2) is 12.6 Å². The van der Waals surface area contributed by atoms with Crippen LogP contribution in [0.5, 0.6) is 0 Å². The zero-order chi connectivity index (χ0) is 25.2. The van der Waals surface area contributed by atoms with Gasteiger partial charge in [0.1, 0.15) is 19.0 Å². The van der Waals surface area contributed by atoms with E-state index in [0.29, 0.717) is 31.0 Å². The van der Waals surface area contributed by atoms with Crippen LogP contribution in [0.1, 0.15) is 25.3 Å². The molecule has 13 heteroatoms. The third kappa shape index (κ3) is 7.35. The van der Waals surface area contributed by atoms with Crippen molar-refractivity contribution in [1.82, 2.24) is 15.3 Å². The molecule has 0 unspecified atom stereocenters. The molecule has 4 N–H and O–H groups in total. The Labute approximate surface area is 200 Å². The molecule has 1 aliphatic rings. The molecule has 1 amide bonds. The summed E-state index contributed by atoms with van der Waals surface area (Å²) in [4.78, 5) is 38.3. The van der Waals surface area contributed by atoms with Gasteiger partial charge < -0.3 is 24.9 Å². The van der Waals surface area contributed by atoms with Crippen molar-refractivity contribution < 1.29 is 28.3 Å². The first-order chi connectivity index (χ1) is 16.9. The standard InChI is InChI=1S/C22H26FN7O5/c1-2-4-18(31)33-7-8-35-29-16-11-30(12-16)21-26-9-15(10-27-21)17-6-3-5-14(19(17)23)13-34-22(32)28-20(24)25/h3,5-6,9-10H,2,4,7-8,11-13H2,1H3,(H4,24,25,28,32). The number of ether oxygens (including phenoxy) is 2. The first-order valence-electron chi connectivity index (χ1n) is 10.8. The number of amides is 1. The fraction of sp³-hybridized carbons (Fsp3) is 0.364. The number of guanidine groups is 1. The Hall–Kier alpha value is -4.29. The van der Waals surface area contributed by atoms with Gasteiger partial charge in [0.25, 0.3) is 0 Å². The number of alkyl carbamates (subject to hydrolysis) is 1. The zero-order valence-electron chi connectivity index (χ0n) is 19.1. The molecule has 186 valence electrons. The summed E-state index contributed by atoms with van der Waals surface area (Å²) in [5.41, 5.74) is 6.70. The van der Waals surface area contributed by atoms with Crippen molar-refractivity contribution in [3.05, 3.63) is 42.0 Å². The molecule has 0 aliphatic carbocycles. The molecule has 0 radical (unpaired) electrons. The number of esters is 1. The maximum Gasteiger partial charge on any atom is 0.414 e. The van der Waals surface area contributed by atoms with Crippen LogP contribution < -0.4 is 16.0 Å². The van der Waals surface area contributed by atoms with Crippen LogP contribution >= 0.6 is 0 Å². The van der Waals surface area contributed by atoms with Crippen molar-refractivity contribution >= 4 is 29.7 Å². The van der Waals surface area contributed by atoms with Gasteiger partial charge in [-0.15, -0.1) is 0 Å². The second kappa shape index (κ2) is 12.3. The van der Waals surface area contributed by atoms with E-state index >= 15 is 0 Å². The van der Waals surface area contributed by atoms with Crippen molar-refractivity contribution in [2.45, 2.75) is 26.4 Å². The normalized spacial score (nSPS) is 12.4. The van der Waals surface area contributed by atoms with Crippen LogP contribution in [0.25, 0.3) is 11.1 Å². The van der Waals surface area contributed by atoms with Gasteiger partial charge >= 0.3 is 12.1 Å². The molecule has 1 aromatic carbocycles. The van der Waals surface area contributed by atoms with Gasteiger partial charge in [0.2, 0.25) is 5.95 Å². The summed E-state index contributed by atoms with van der Waals surface area (Å²) in [6.45, 7) is 2.87. The highest BCUT2D eigenvalue weighted by Crippen LogP contribution is 2.26. The molecule has 12 nitrogen and oxygen atoms in total. The minimum atomic E-state index is -0.951. The lowest BCUT2D eigenvalue weighted by molar-refractivity contribution is -0.145. The van der Waals surface area contributed by atoms with Crippen molar-refractivity contribution in [2.24, 2.45) is 10.9 Å². The summed E-state index contributed by atoms with van der Waals surface area (Å²) in [6, 6.07) is 4.67. The number of anilines is 1. The van der Waals surface area contributed by atoms with Crippen LogP contribution in [0.15, 0.2) is 35.7 Å². The van der Waals surface area contributed by atoms with Gasteiger partial charge in [0.05, 0.1) is 18.8 Å². The van der Waals surface area contributed by atoms with Crippen LogP contribution in [0.2, 0.25) is 0 Å². The first kappa shape index (κ1) is 25.3. The van der Waals surface area contributed by atoms with Crippen LogP contribution in [-0.2, 0) is 25.7 Å². The summed E-state index contributed by atoms with van der Waals surface area (Å²) < 4.78 is 24.8. The lowest BCUT2D eigenvalue weighted by Crippen LogP contribution is -2.48. The predicted octanol–water partition coefficient (Wildman–Crippen LogP) is 1.94. The number of benzene rings is 1. The number of nitrogens with two attached hydrogens (primary N) is 1. The van der Waals surface area contributed by atoms with E-state index in [1.165, 1.54) is 18.5 Å². The number of nitrogens with one attached hydrogen (secondary N) is 2. The summed E-state index contributed by atoms with van der Waals surface area (Å²) in [5.74, 6) is -0.937. The molecule has 0 saturated carbocycles. The molecule has 35 heavy (non-hydrogen) atoms. The molecule has 3 rings (SSSR count). The van der Waals surface area contributed by atoms with Crippen molar-refractivity contribution in [2.75, 3.05) is 31.2 Å². The average molecular weight is 487 g/mol. The molecule has 0 spiro atoms. The average Bonchev–Trinajstić information content (AvgIpc) is 2.79. The topological polar surface area (TPSA) is 165 Å². The smallest absolute Gasteiger partial charge is 0.414 e. The van der Waals surface area contributed by atoms with Gasteiger partial charge in [-0.2, -0.15) is 0 Å². The second-order valence-corrected chi connectivity index (χ2v) is 7.48. The number of carbonyl (C=O) groups excluding carboxylic acids is 2. The van der Waals surface area contributed by atoms with Gasteiger partial charge in [0, 0.05) is 35.5 Å². The fourth-order valence-electron chi connectivity index (χ4n) is 3.03. The molecule has 0 bridgehead atoms. The lowest BCUT2D eigenvalue weighted by Gasteiger charge is -2.31. The van der Waals surface area contributed by atoms with E-state index in [2.05, 4.69) is 15.1 Å². The van der Waals surface area contributed by atoms with E-state index in [0.717, 1.165) is 12.1 Å². The summed E-state index contributed by atoms with van der Waals surface area (Å²) in [6.07, 6.45) is 3.18. The maximum absolute atomic E-state index is 14.9. The van der Waals surface area contributed by atoms with Crippen LogP contribution in [0, 0.1) is 11.2 Å². The highest BCUT2D eigenvalue weighted by Gasteiger charge is 2.25. The number of hydrogen-bond acceptors (Lipinski definition) is 10. The SMILES string of the molecule is CCCC(=O)OCCON=C1CN(c2ncc(-c3cccc(COC(=O)NC(=N)N)c3F)cn2)C1. The molecule has 1 saturated heterocycles. The predicted molar refractivity (Wildman–Crippen MR) is 124 cm³/mol. The number of oxime groups is 1. The molecular formula is C22H26FN7O5. The molecule has 1 aliphatic heterocycles. The summed E-state index contributed by atoms with van der Waals surface area (Å²) in [5, 5.41) is 12.9. The van der Waals surface area contributed by atoms with Crippen LogP contribution in [0.4, 0.5) is 15.1 Å². The van der Waals surface area contributed by atoms with E-state index < -0.39 is 17.9 Å². The highest BCUT2D eigenvalue weighted by molar-refractivity contribution is 5.98. The third-order valence-electron chi connectivity index (χ3n) is 4.74. The van der Waals surface area contributed by atoms with Crippen molar-refractivity contribution in [1.29, 1.82) is 5.41 Å². The second-order valence-electron chi connectivity index (χ2n) is 7.48. The number of hydrogen-bond donors (Lipinski definition) is 3. The number of nitrogens with zero attached hydrogens (tertiary/aromatic N) is 4. The Bertz CT molecular complexity index is 1090. The minimum absolute atomic E-state index is 0.147. The number of aromatic nitrogens is 2. The van der Waals surface area contributed by atoms with Gasteiger partial charge in [-0.25, -0.2) is 19.2 Å². The Kier molecular flexibility index (Phi) is 8.87. The number of rotatable bonds is 10. The maximum atomic E-state index is 14.9. The Balaban J connectivity index is 1.50. The van der Waals surface area contributed by atoms with E-state index in [4.69, 9.17) is 25.5 Å². The molecule has 0 atom stereocenters. The number of carbonyl (C=O) groups is 2. The van der Waals surface area contributed by atoms with Gasteiger partial charge in [-0.3, -0.25) is 15.5 Å². The van der Waals surface area contributed by atoms with Gasteiger partial charge in [-0.05, 0) is 6.42 Å². The van der Waals surface area contributed by atoms with Crippen LogP contribution in [0.3, 0.4) is 0 Å². The van der Waals surface area contributed by atoms with E-state index in [1.54, 1.807) is 12.1 Å². The third-order valence-corrected chi connectivity index (χ3v) is 4.74. The minimum Gasteiger partial charge on any atom is -0.462 e. The molecular weight excluding hydrogens is 461 g/mol.